The molecule has 2 N–H and O–H groups in total. The van der Waals surface area contributed by atoms with Crippen LogP contribution in [0.3, 0.4) is 0 Å². The van der Waals surface area contributed by atoms with Crippen molar-refractivity contribution in [3.8, 4) is 0 Å². The summed E-state index contributed by atoms with van der Waals surface area (Å²) in [5.41, 5.74) is 9.21. The number of hydrogen-bond acceptors (Lipinski definition) is 2. The van der Waals surface area contributed by atoms with Gasteiger partial charge in [0.25, 0.3) is 0 Å². The summed E-state index contributed by atoms with van der Waals surface area (Å²) >= 11 is 0. The van der Waals surface area contributed by atoms with Crippen molar-refractivity contribution >= 4 is 12.0 Å². The van der Waals surface area contributed by atoms with Crippen LogP contribution in [0, 0.1) is 0 Å². The first-order valence-electron chi connectivity index (χ1n) is 5.17. The zero-order valence-electron chi connectivity index (χ0n) is 8.89. The number of hydrogen-bond donors (Lipinski definition) is 1. The predicted octanol–water partition coefficient (Wildman–Crippen LogP) is 2.67. The molecule has 2 rings (SSSR count). The van der Waals surface area contributed by atoms with E-state index in [-0.39, 0.29) is 0 Å². The van der Waals surface area contributed by atoms with Crippen LogP contribution in [-0.4, -0.2) is 6.29 Å². The minimum atomic E-state index is 0.545. The Balaban J connectivity index is 2.23. The van der Waals surface area contributed by atoms with E-state index in [1.165, 1.54) is 5.56 Å². The number of carbonyl (C=O) groups is 1. The molecule has 0 atom stereocenters. The van der Waals surface area contributed by atoms with Crippen LogP contribution in [-0.2, 0) is 6.42 Å². The van der Waals surface area contributed by atoms with Gasteiger partial charge in [0.2, 0.25) is 0 Å². The molecular weight excluding hydrogens is 198 g/mol. The van der Waals surface area contributed by atoms with Gasteiger partial charge < -0.3 is 5.73 Å². The molecule has 0 radical (unpaired) electrons. The van der Waals surface area contributed by atoms with Gasteiger partial charge in [-0.25, -0.2) is 0 Å². The number of benzene rings is 2. The van der Waals surface area contributed by atoms with Crippen LogP contribution >= 0.6 is 0 Å². The molecule has 16 heavy (non-hydrogen) atoms. The fourth-order valence-electron chi connectivity index (χ4n) is 1.67. The molecule has 0 aromatic heterocycles. The van der Waals surface area contributed by atoms with Gasteiger partial charge in [0.05, 0.1) is 0 Å². The monoisotopic (exact) mass is 211 g/mol. The number of aldehydes is 1. The molecule has 0 aliphatic heterocycles. The number of anilines is 1. The van der Waals surface area contributed by atoms with Crippen molar-refractivity contribution in [3.05, 3.63) is 65.2 Å². The molecule has 2 aromatic carbocycles. The summed E-state index contributed by atoms with van der Waals surface area (Å²) in [7, 11) is 0. The van der Waals surface area contributed by atoms with Crippen LogP contribution in [0.15, 0.2) is 48.5 Å². The third kappa shape index (κ3) is 2.28. The lowest BCUT2D eigenvalue weighted by molar-refractivity contribution is 0.112. The molecule has 2 aromatic rings. The van der Waals surface area contributed by atoms with E-state index in [2.05, 4.69) is 12.1 Å². The third-order valence-electron chi connectivity index (χ3n) is 2.53. The second-order valence-corrected chi connectivity index (χ2v) is 3.74. The molecule has 0 amide bonds. The van der Waals surface area contributed by atoms with Crippen molar-refractivity contribution in [1.29, 1.82) is 0 Å². The van der Waals surface area contributed by atoms with E-state index in [1.54, 1.807) is 6.07 Å². The molecule has 0 heterocycles. The maximum atomic E-state index is 10.6. The van der Waals surface area contributed by atoms with Gasteiger partial charge in [0, 0.05) is 11.3 Å². The van der Waals surface area contributed by atoms with Gasteiger partial charge in [-0.05, 0) is 29.7 Å². The van der Waals surface area contributed by atoms with E-state index in [4.69, 9.17) is 5.73 Å². The van der Waals surface area contributed by atoms with E-state index in [9.17, 15) is 4.79 Å². The smallest absolute Gasteiger partial charge is 0.152 e. The Morgan fingerprint density at radius 3 is 2.38 bits per heavy atom. The highest BCUT2D eigenvalue weighted by atomic mass is 16.1. The largest absolute Gasteiger partial charge is 0.398 e. The third-order valence-corrected chi connectivity index (χ3v) is 2.53. The molecule has 0 spiro atoms. The fourth-order valence-corrected chi connectivity index (χ4v) is 1.67. The van der Waals surface area contributed by atoms with Gasteiger partial charge in [0.15, 0.2) is 6.29 Å². The Hall–Kier alpha value is -2.09. The zero-order chi connectivity index (χ0) is 11.4. The van der Waals surface area contributed by atoms with Crippen LogP contribution in [0.5, 0.6) is 0 Å². The number of nitrogen functional groups attached to an aromatic ring is 1. The topological polar surface area (TPSA) is 43.1 Å². The van der Waals surface area contributed by atoms with Crippen LogP contribution in [0.25, 0.3) is 0 Å². The summed E-state index contributed by atoms with van der Waals surface area (Å²) in [6.45, 7) is 0. The van der Waals surface area contributed by atoms with Gasteiger partial charge in [-0.1, -0.05) is 36.4 Å². The van der Waals surface area contributed by atoms with Crippen molar-refractivity contribution in [3.63, 3.8) is 0 Å². The van der Waals surface area contributed by atoms with Gasteiger partial charge in [0.1, 0.15) is 0 Å². The minimum Gasteiger partial charge on any atom is -0.398 e. The fraction of sp³-hybridized carbons (Fsp3) is 0.0714. The second kappa shape index (κ2) is 4.62. The van der Waals surface area contributed by atoms with E-state index < -0.39 is 0 Å². The van der Waals surface area contributed by atoms with Gasteiger partial charge in [-0.15, -0.1) is 0 Å². The first kappa shape index (κ1) is 10.4. The summed E-state index contributed by atoms with van der Waals surface area (Å²) in [6, 6.07) is 15.7. The standard InChI is InChI=1S/C14H13NO/c15-14-9-12(6-7-13(14)10-16)8-11-4-2-1-3-5-11/h1-7,9-10H,8,15H2. The first-order chi connectivity index (χ1) is 7.79. The van der Waals surface area contributed by atoms with Crippen LogP contribution in [0.4, 0.5) is 5.69 Å². The van der Waals surface area contributed by atoms with Crippen molar-refractivity contribution < 1.29 is 4.79 Å². The van der Waals surface area contributed by atoms with E-state index in [0.717, 1.165) is 18.3 Å². The van der Waals surface area contributed by atoms with Gasteiger partial charge in [-0.3, -0.25) is 4.79 Å². The maximum absolute atomic E-state index is 10.6. The lowest BCUT2D eigenvalue weighted by Crippen LogP contribution is -1.95. The summed E-state index contributed by atoms with van der Waals surface area (Å²) in [4.78, 5) is 10.6. The van der Waals surface area contributed by atoms with E-state index in [1.807, 2.05) is 30.3 Å². The highest BCUT2D eigenvalue weighted by Gasteiger charge is 2.00. The lowest BCUT2D eigenvalue weighted by atomic mass is 10.0. The van der Waals surface area contributed by atoms with Crippen molar-refractivity contribution in [2.24, 2.45) is 0 Å². The lowest BCUT2D eigenvalue weighted by Gasteiger charge is -2.04. The number of carbonyl (C=O) groups excluding carboxylic acids is 1. The Bertz CT molecular complexity index is 491. The van der Waals surface area contributed by atoms with Crippen LogP contribution < -0.4 is 5.73 Å². The molecule has 0 saturated carbocycles. The summed E-state index contributed by atoms with van der Waals surface area (Å²) < 4.78 is 0. The zero-order valence-corrected chi connectivity index (χ0v) is 8.89. The molecular formula is C14H13NO. The maximum Gasteiger partial charge on any atom is 0.152 e. The minimum absolute atomic E-state index is 0.545. The molecule has 2 nitrogen and oxygen atoms in total. The molecule has 0 saturated heterocycles. The molecule has 80 valence electrons. The Morgan fingerprint density at radius 1 is 1.00 bits per heavy atom. The molecule has 0 bridgehead atoms. The van der Waals surface area contributed by atoms with Crippen molar-refractivity contribution in [1.82, 2.24) is 0 Å². The van der Waals surface area contributed by atoms with E-state index in [0.29, 0.717) is 11.3 Å². The normalized spacial score (nSPS) is 10.0. The molecule has 0 aliphatic carbocycles. The molecule has 2 heteroatoms. The highest BCUT2D eigenvalue weighted by Crippen LogP contribution is 2.15. The Labute approximate surface area is 94.7 Å². The summed E-state index contributed by atoms with van der Waals surface area (Å²) in [5.74, 6) is 0. The summed E-state index contributed by atoms with van der Waals surface area (Å²) in [5, 5.41) is 0. The quantitative estimate of drug-likeness (QED) is 0.626. The number of rotatable bonds is 3. The molecule has 0 fully saturated rings. The van der Waals surface area contributed by atoms with Crippen molar-refractivity contribution in [2.45, 2.75) is 6.42 Å². The van der Waals surface area contributed by atoms with E-state index >= 15 is 0 Å². The molecule has 0 unspecified atom stereocenters. The average molecular weight is 211 g/mol. The second-order valence-electron chi connectivity index (χ2n) is 3.74. The van der Waals surface area contributed by atoms with Crippen molar-refractivity contribution in [2.75, 3.05) is 5.73 Å². The van der Waals surface area contributed by atoms with Crippen LogP contribution in [0.2, 0.25) is 0 Å². The number of nitrogens with two attached hydrogens (primary N) is 1. The Morgan fingerprint density at radius 2 is 1.75 bits per heavy atom. The highest BCUT2D eigenvalue weighted by molar-refractivity contribution is 5.83. The summed E-state index contributed by atoms with van der Waals surface area (Å²) in [6.07, 6.45) is 1.62. The van der Waals surface area contributed by atoms with Crippen LogP contribution in [0.1, 0.15) is 21.5 Å². The Kier molecular flexibility index (Phi) is 3.01. The molecule has 0 aliphatic rings. The average Bonchev–Trinajstić information content (AvgIpc) is 2.31. The van der Waals surface area contributed by atoms with Gasteiger partial charge >= 0.3 is 0 Å². The van der Waals surface area contributed by atoms with Gasteiger partial charge in [-0.2, -0.15) is 0 Å². The first-order valence-corrected chi connectivity index (χ1v) is 5.17. The predicted molar refractivity (Wildman–Crippen MR) is 65.5 cm³/mol. The SMILES string of the molecule is Nc1cc(Cc2ccccc2)ccc1C=O.